The molecule has 1 aromatic carbocycles. The Hall–Kier alpha value is -1.81. The number of hydrogen-bond acceptors (Lipinski definition) is 3. The standard InChI is InChI=1S/C16H20N2O2/c1-17-10-12-6-8-18(9-7-12)16(19)14-11-20-15-5-3-2-4-13(14)15/h2-5,11-12,17H,6-10H2,1H3. The molecule has 0 unspecified atom stereocenters. The molecule has 2 heterocycles. The van der Waals surface area contributed by atoms with Crippen LogP contribution in [0, 0.1) is 5.92 Å². The van der Waals surface area contributed by atoms with Gasteiger partial charge in [0.15, 0.2) is 0 Å². The van der Waals surface area contributed by atoms with Crippen molar-refractivity contribution in [2.45, 2.75) is 12.8 Å². The molecule has 1 aliphatic rings. The summed E-state index contributed by atoms with van der Waals surface area (Å²) < 4.78 is 5.46. The molecule has 0 aliphatic carbocycles. The van der Waals surface area contributed by atoms with E-state index < -0.39 is 0 Å². The quantitative estimate of drug-likeness (QED) is 0.933. The lowest BCUT2D eigenvalue weighted by Crippen LogP contribution is -2.40. The molecule has 106 valence electrons. The van der Waals surface area contributed by atoms with Crippen LogP contribution in [0.1, 0.15) is 23.2 Å². The average Bonchev–Trinajstić information content (AvgIpc) is 2.92. The summed E-state index contributed by atoms with van der Waals surface area (Å²) in [5, 5.41) is 4.13. The van der Waals surface area contributed by atoms with Crippen LogP contribution in [-0.4, -0.2) is 37.5 Å². The molecule has 20 heavy (non-hydrogen) atoms. The van der Waals surface area contributed by atoms with Gasteiger partial charge in [0.1, 0.15) is 11.8 Å². The molecule has 1 amide bonds. The number of amides is 1. The average molecular weight is 272 g/mol. The number of para-hydroxylation sites is 1. The summed E-state index contributed by atoms with van der Waals surface area (Å²) in [6.07, 6.45) is 3.73. The van der Waals surface area contributed by atoms with Crippen LogP contribution >= 0.6 is 0 Å². The first-order valence-electron chi connectivity index (χ1n) is 7.19. The van der Waals surface area contributed by atoms with Crippen LogP contribution < -0.4 is 5.32 Å². The number of benzene rings is 1. The van der Waals surface area contributed by atoms with E-state index in [1.54, 1.807) is 6.26 Å². The first-order chi connectivity index (χ1) is 9.79. The summed E-state index contributed by atoms with van der Waals surface area (Å²) in [5.41, 5.74) is 1.47. The molecule has 1 fully saturated rings. The van der Waals surface area contributed by atoms with Crippen molar-refractivity contribution in [3.8, 4) is 0 Å². The van der Waals surface area contributed by atoms with Gasteiger partial charge in [-0.3, -0.25) is 4.79 Å². The first-order valence-corrected chi connectivity index (χ1v) is 7.19. The summed E-state index contributed by atoms with van der Waals surface area (Å²) in [6.45, 7) is 2.71. The number of carbonyl (C=O) groups excluding carboxylic acids is 1. The SMILES string of the molecule is CNCC1CCN(C(=O)c2coc3ccccc23)CC1. The van der Waals surface area contributed by atoms with Crippen LogP contribution in [0.4, 0.5) is 0 Å². The minimum absolute atomic E-state index is 0.0952. The van der Waals surface area contributed by atoms with Gasteiger partial charge >= 0.3 is 0 Å². The third-order valence-corrected chi connectivity index (χ3v) is 4.11. The van der Waals surface area contributed by atoms with Crippen molar-refractivity contribution < 1.29 is 9.21 Å². The zero-order valence-corrected chi connectivity index (χ0v) is 11.8. The Balaban J connectivity index is 1.74. The van der Waals surface area contributed by atoms with E-state index in [0.717, 1.165) is 43.4 Å². The van der Waals surface area contributed by atoms with E-state index in [2.05, 4.69) is 5.32 Å². The van der Waals surface area contributed by atoms with Crippen molar-refractivity contribution in [3.63, 3.8) is 0 Å². The topological polar surface area (TPSA) is 45.5 Å². The molecule has 1 N–H and O–H groups in total. The van der Waals surface area contributed by atoms with Crippen molar-refractivity contribution >= 4 is 16.9 Å². The van der Waals surface area contributed by atoms with E-state index in [1.807, 2.05) is 36.2 Å². The van der Waals surface area contributed by atoms with Gasteiger partial charge < -0.3 is 14.6 Å². The number of fused-ring (bicyclic) bond motifs is 1. The highest BCUT2D eigenvalue weighted by atomic mass is 16.3. The predicted octanol–water partition coefficient (Wildman–Crippen LogP) is 2.50. The van der Waals surface area contributed by atoms with Crippen molar-refractivity contribution in [3.05, 3.63) is 36.1 Å². The van der Waals surface area contributed by atoms with Gasteiger partial charge in [-0.1, -0.05) is 18.2 Å². The molecule has 1 saturated heterocycles. The molecule has 4 nitrogen and oxygen atoms in total. The van der Waals surface area contributed by atoms with Gasteiger partial charge in [-0.25, -0.2) is 0 Å². The number of furan rings is 1. The number of rotatable bonds is 3. The molecule has 1 aromatic heterocycles. The van der Waals surface area contributed by atoms with Gasteiger partial charge in [0.05, 0.1) is 5.56 Å². The van der Waals surface area contributed by atoms with E-state index in [0.29, 0.717) is 11.5 Å². The van der Waals surface area contributed by atoms with Gasteiger partial charge in [-0.05, 0) is 38.4 Å². The van der Waals surface area contributed by atoms with Crippen molar-refractivity contribution in [2.24, 2.45) is 5.92 Å². The number of piperidine rings is 1. The highest BCUT2D eigenvalue weighted by molar-refractivity contribution is 6.05. The summed E-state index contributed by atoms with van der Waals surface area (Å²) in [5.74, 6) is 0.781. The number of nitrogens with one attached hydrogen (secondary N) is 1. The molecular weight excluding hydrogens is 252 g/mol. The van der Waals surface area contributed by atoms with Crippen molar-refractivity contribution in [1.29, 1.82) is 0 Å². The van der Waals surface area contributed by atoms with Crippen LogP contribution in [0.2, 0.25) is 0 Å². The Morgan fingerprint density at radius 2 is 2.10 bits per heavy atom. The molecule has 0 atom stereocenters. The highest BCUT2D eigenvalue weighted by Crippen LogP contribution is 2.24. The fourth-order valence-electron chi connectivity index (χ4n) is 2.94. The maximum Gasteiger partial charge on any atom is 0.257 e. The van der Waals surface area contributed by atoms with Crippen LogP contribution in [0.25, 0.3) is 11.0 Å². The summed E-state index contributed by atoms with van der Waals surface area (Å²) in [7, 11) is 1.98. The van der Waals surface area contributed by atoms with Gasteiger partial charge in [-0.2, -0.15) is 0 Å². The zero-order valence-electron chi connectivity index (χ0n) is 11.8. The first kappa shape index (κ1) is 13.2. The summed E-state index contributed by atoms with van der Waals surface area (Å²) >= 11 is 0. The molecule has 4 heteroatoms. The number of likely N-dealkylation sites (tertiary alicyclic amines) is 1. The Bertz CT molecular complexity index is 597. The predicted molar refractivity (Wildman–Crippen MR) is 78.8 cm³/mol. The molecule has 3 rings (SSSR count). The van der Waals surface area contributed by atoms with Crippen LogP contribution in [0.15, 0.2) is 34.9 Å². The van der Waals surface area contributed by atoms with Crippen LogP contribution in [0.3, 0.4) is 0 Å². The molecular formula is C16H20N2O2. The van der Waals surface area contributed by atoms with E-state index in [9.17, 15) is 4.79 Å². The third-order valence-electron chi connectivity index (χ3n) is 4.11. The van der Waals surface area contributed by atoms with Crippen LogP contribution in [-0.2, 0) is 0 Å². The molecule has 0 bridgehead atoms. The Morgan fingerprint density at radius 1 is 1.35 bits per heavy atom. The highest BCUT2D eigenvalue weighted by Gasteiger charge is 2.25. The van der Waals surface area contributed by atoms with Crippen molar-refractivity contribution in [2.75, 3.05) is 26.7 Å². The second-order valence-electron chi connectivity index (χ2n) is 5.44. The molecule has 0 radical (unpaired) electrons. The summed E-state index contributed by atoms with van der Waals surface area (Å²) in [6, 6.07) is 7.70. The lowest BCUT2D eigenvalue weighted by molar-refractivity contribution is 0.0692. The maximum absolute atomic E-state index is 12.6. The van der Waals surface area contributed by atoms with E-state index >= 15 is 0 Å². The van der Waals surface area contributed by atoms with Gasteiger partial charge in [-0.15, -0.1) is 0 Å². The third kappa shape index (κ3) is 2.43. The number of nitrogens with zero attached hydrogens (tertiary/aromatic N) is 1. The minimum Gasteiger partial charge on any atom is -0.463 e. The number of hydrogen-bond donors (Lipinski definition) is 1. The smallest absolute Gasteiger partial charge is 0.257 e. The maximum atomic E-state index is 12.6. The number of carbonyl (C=O) groups is 1. The Kier molecular flexibility index (Phi) is 3.74. The minimum atomic E-state index is 0.0952. The lowest BCUT2D eigenvalue weighted by atomic mass is 9.96. The zero-order chi connectivity index (χ0) is 13.9. The fraction of sp³-hybridized carbons (Fsp3) is 0.438. The monoisotopic (exact) mass is 272 g/mol. The molecule has 0 saturated carbocycles. The molecule has 2 aromatic rings. The lowest BCUT2D eigenvalue weighted by Gasteiger charge is -2.31. The fourth-order valence-corrected chi connectivity index (χ4v) is 2.94. The molecule has 1 aliphatic heterocycles. The van der Waals surface area contributed by atoms with Gasteiger partial charge in [0, 0.05) is 18.5 Å². The second kappa shape index (κ2) is 5.67. The van der Waals surface area contributed by atoms with E-state index in [-0.39, 0.29) is 5.91 Å². The van der Waals surface area contributed by atoms with E-state index in [1.165, 1.54) is 0 Å². The largest absolute Gasteiger partial charge is 0.463 e. The second-order valence-corrected chi connectivity index (χ2v) is 5.44. The summed E-state index contributed by atoms with van der Waals surface area (Å²) in [4.78, 5) is 14.5. The van der Waals surface area contributed by atoms with E-state index in [4.69, 9.17) is 4.42 Å². The molecule has 0 spiro atoms. The van der Waals surface area contributed by atoms with Crippen LogP contribution in [0.5, 0.6) is 0 Å². The van der Waals surface area contributed by atoms with Gasteiger partial charge in [0.25, 0.3) is 5.91 Å². The Morgan fingerprint density at radius 3 is 2.85 bits per heavy atom. The van der Waals surface area contributed by atoms with Crippen molar-refractivity contribution in [1.82, 2.24) is 10.2 Å². The van der Waals surface area contributed by atoms with Gasteiger partial charge in [0.2, 0.25) is 0 Å². The normalized spacial score (nSPS) is 16.8. The Labute approximate surface area is 118 Å².